The van der Waals surface area contributed by atoms with Gasteiger partial charge in [0.1, 0.15) is 0 Å². The fourth-order valence-electron chi connectivity index (χ4n) is 1.99. The van der Waals surface area contributed by atoms with Crippen LogP contribution in [0.25, 0.3) is 0 Å². The minimum absolute atomic E-state index is 0.190. The smallest absolute Gasteiger partial charge is 0.0775 e. The standard InChI is InChI=1S/C15H27NO2Si/c1-18-12-14(9-10-17)16-11-13-5-7-15(8-6-13)19(2,3)4/h5-8,14,16-17H,9-12H2,1-4H3. The monoisotopic (exact) mass is 281 g/mol. The van der Waals surface area contributed by atoms with E-state index in [9.17, 15) is 0 Å². The van der Waals surface area contributed by atoms with Gasteiger partial charge in [0.05, 0.1) is 14.7 Å². The van der Waals surface area contributed by atoms with Crippen molar-refractivity contribution in [3.63, 3.8) is 0 Å². The lowest BCUT2D eigenvalue weighted by atomic mass is 10.2. The molecule has 0 saturated heterocycles. The molecule has 108 valence electrons. The second-order valence-electron chi connectivity index (χ2n) is 5.99. The van der Waals surface area contributed by atoms with Crippen molar-refractivity contribution < 1.29 is 9.84 Å². The molecule has 0 bridgehead atoms. The van der Waals surface area contributed by atoms with Gasteiger partial charge < -0.3 is 15.2 Å². The van der Waals surface area contributed by atoms with Gasteiger partial charge in [0.15, 0.2) is 0 Å². The number of aliphatic hydroxyl groups excluding tert-OH is 1. The molecular formula is C15H27NO2Si. The molecule has 0 spiro atoms. The third-order valence-electron chi connectivity index (χ3n) is 3.26. The molecule has 2 N–H and O–H groups in total. The van der Waals surface area contributed by atoms with E-state index in [4.69, 9.17) is 9.84 Å². The van der Waals surface area contributed by atoms with Crippen LogP contribution in [0.2, 0.25) is 19.6 Å². The van der Waals surface area contributed by atoms with E-state index in [-0.39, 0.29) is 12.6 Å². The summed E-state index contributed by atoms with van der Waals surface area (Å²) >= 11 is 0. The first-order valence-electron chi connectivity index (χ1n) is 6.90. The van der Waals surface area contributed by atoms with Crippen molar-refractivity contribution in [2.24, 2.45) is 0 Å². The lowest BCUT2D eigenvalue weighted by Gasteiger charge is -2.19. The van der Waals surface area contributed by atoms with Crippen LogP contribution < -0.4 is 10.5 Å². The first-order valence-corrected chi connectivity index (χ1v) is 10.4. The molecule has 1 atom stereocenters. The summed E-state index contributed by atoms with van der Waals surface area (Å²) in [5, 5.41) is 13.9. The van der Waals surface area contributed by atoms with Crippen LogP contribution in [-0.4, -0.2) is 39.5 Å². The minimum atomic E-state index is -1.20. The summed E-state index contributed by atoms with van der Waals surface area (Å²) in [7, 11) is 0.489. The van der Waals surface area contributed by atoms with E-state index >= 15 is 0 Å². The maximum atomic E-state index is 9.00. The molecule has 1 rings (SSSR count). The Hall–Kier alpha value is -0.683. The van der Waals surface area contributed by atoms with Gasteiger partial charge in [-0.1, -0.05) is 49.1 Å². The number of aliphatic hydroxyl groups is 1. The normalized spacial score (nSPS) is 13.5. The topological polar surface area (TPSA) is 41.5 Å². The molecule has 0 radical (unpaired) electrons. The number of ether oxygens (including phenoxy) is 1. The molecular weight excluding hydrogens is 254 g/mol. The van der Waals surface area contributed by atoms with Crippen molar-refractivity contribution in [3.8, 4) is 0 Å². The molecule has 0 aliphatic carbocycles. The molecule has 0 amide bonds. The van der Waals surface area contributed by atoms with Crippen molar-refractivity contribution in [3.05, 3.63) is 29.8 Å². The lowest BCUT2D eigenvalue weighted by molar-refractivity contribution is 0.148. The third-order valence-corrected chi connectivity index (χ3v) is 5.33. The van der Waals surface area contributed by atoms with Crippen LogP contribution >= 0.6 is 0 Å². The molecule has 0 fully saturated rings. The van der Waals surface area contributed by atoms with E-state index in [0.29, 0.717) is 6.61 Å². The average molecular weight is 281 g/mol. The Balaban J connectivity index is 2.53. The first kappa shape index (κ1) is 16.4. The van der Waals surface area contributed by atoms with Crippen LogP contribution in [-0.2, 0) is 11.3 Å². The van der Waals surface area contributed by atoms with Crippen molar-refractivity contribution >= 4 is 13.3 Å². The number of benzene rings is 1. The summed E-state index contributed by atoms with van der Waals surface area (Å²) < 4.78 is 5.14. The Morgan fingerprint density at radius 3 is 2.32 bits per heavy atom. The van der Waals surface area contributed by atoms with Gasteiger partial charge in [0, 0.05) is 26.3 Å². The highest BCUT2D eigenvalue weighted by molar-refractivity contribution is 6.88. The number of rotatable bonds is 8. The molecule has 0 aliphatic heterocycles. The second-order valence-corrected chi connectivity index (χ2v) is 11.1. The molecule has 19 heavy (non-hydrogen) atoms. The van der Waals surface area contributed by atoms with E-state index in [0.717, 1.165) is 13.0 Å². The Morgan fingerprint density at radius 1 is 1.21 bits per heavy atom. The third kappa shape index (κ3) is 5.87. The van der Waals surface area contributed by atoms with Crippen LogP contribution in [0.5, 0.6) is 0 Å². The van der Waals surface area contributed by atoms with Crippen molar-refractivity contribution in [2.45, 2.75) is 38.6 Å². The molecule has 4 heteroatoms. The van der Waals surface area contributed by atoms with Crippen molar-refractivity contribution in [2.75, 3.05) is 20.3 Å². The molecule has 1 unspecified atom stereocenters. The maximum absolute atomic E-state index is 9.00. The minimum Gasteiger partial charge on any atom is -0.396 e. The summed E-state index contributed by atoms with van der Waals surface area (Å²) in [4.78, 5) is 0. The van der Waals surface area contributed by atoms with Gasteiger partial charge >= 0.3 is 0 Å². The number of methoxy groups -OCH3 is 1. The molecule has 0 heterocycles. The predicted octanol–water partition coefficient (Wildman–Crippen LogP) is 1.72. The lowest BCUT2D eigenvalue weighted by Crippen LogP contribution is -2.37. The molecule has 0 saturated carbocycles. The van der Waals surface area contributed by atoms with E-state index in [1.165, 1.54) is 10.8 Å². The van der Waals surface area contributed by atoms with Crippen LogP contribution in [0.15, 0.2) is 24.3 Å². The van der Waals surface area contributed by atoms with E-state index < -0.39 is 8.07 Å². The zero-order valence-corrected chi connectivity index (χ0v) is 13.6. The van der Waals surface area contributed by atoms with Crippen LogP contribution in [0.3, 0.4) is 0 Å². The summed E-state index contributed by atoms with van der Waals surface area (Å²) in [5.74, 6) is 0. The summed E-state index contributed by atoms with van der Waals surface area (Å²) in [6, 6.07) is 9.11. The number of hydrogen-bond donors (Lipinski definition) is 2. The fraction of sp³-hybridized carbons (Fsp3) is 0.600. The van der Waals surface area contributed by atoms with Crippen molar-refractivity contribution in [1.29, 1.82) is 0 Å². The molecule has 0 aromatic heterocycles. The van der Waals surface area contributed by atoms with Gasteiger partial charge in [-0.05, 0) is 12.0 Å². The Bertz CT molecular complexity index is 353. The summed E-state index contributed by atoms with van der Waals surface area (Å²) in [6.45, 7) is 8.71. The second kappa shape index (κ2) is 7.80. The predicted molar refractivity (Wildman–Crippen MR) is 83.6 cm³/mol. The zero-order valence-electron chi connectivity index (χ0n) is 12.6. The average Bonchev–Trinajstić information content (AvgIpc) is 2.36. The van der Waals surface area contributed by atoms with Crippen molar-refractivity contribution in [1.82, 2.24) is 5.32 Å². The van der Waals surface area contributed by atoms with Crippen LogP contribution in [0, 0.1) is 0 Å². The highest BCUT2D eigenvalue weighted by Crippen LogP contribution is 2.05. The summed E-state index contributed by atoms with van der Waals surface area (Å²) in [5.41, 5.74) is 1.28. The van der Waals surface area contributed by atoms with Crippen LogP contribution in [0.1, 0.15) is 12.0 Å². The maximum Gasteiger partial charge on any atom is 0.0775 e. The Morgan fingerprint density at radius 2 is 1.84 bits per heavy atom. The van der Waals surface area contributed by atoms with E-state index in [1.54, 1.807) is 7.11 Å². The van der Waals surface area contributed by atoms with Crippen LogP contribution in [0.4, 0.5) is 0 Å². The SMILES string of the molecule is COCC(CCO)NCc1ccc([Si](C)(C)C)cc1. The Labute approximate surface area is 118 Å². The van der Waals surface area contributed by atoms with E-state index in [1.807, 2.05) is 0 Å². The highest BCUT2D eigenvalue weighted by Gasteiger charge is 2.15. The fourth-order valence-corrected chi connectivity index (χ4v) is 3.15. The zero-order chi connectivity index (χ0) is 14.3. The summed E-state index contributed by atoms with van der Waals surface area (Å²) in [6.07, 6.45) is 0.723. The van der Waals surface area contributed by atoms with Gasteiger partial charge in [-0.15, -0.1) is 0 Å². The molecule has 0 aliphatic rings. The van der Waals surface area contributed by atoms with Gasteiger partial charge in [0.2, 0.25) is 0 Å². The van der Waals surface area contributed by atoms with Gasteiger partial charge in [-0.2, -0.15) is 0 Å². The first-order chi connectivity index (χ1) is 8.97. The van der Waals surface area contributed by atoms with Gasteiger partial charge in [-0.3, -0.25) is 0 Å². The molecule has 3 nitrogen and oxygen atoms in total. The molecule has 1 aromatic rings. The Kier molecular flexibility index (Phi) is 6.72. The van der Waals surface area contributed by atoms with E-state index in [2.05, 4.69) is 49.2 Å². The van der Waals surface area contributed by atoms with Gasteiger partial charge in [-0.25, -0.2) is 0 Å². The molecule has 1 aromatic carbocycles. The number of nitrogens with one attached hydrogen (secondary N) is 1. The number of hydrogen-bond acceptors (Lipinski definition) is 3. The quantitative estimate of drug-likeness (QED) is 0.713. The highest BCUT2D eigenvalue weighted by atomic mass is 28.3. The largest absolute Gasteiger partial charge is 0.396 e. The van der Waals surface area contributed by atoms with Gasteiger partial charge in [0.25, 0.3) is 0 Å².